The number of nitro groups is 1. The van der Waals surface area contributed by atoms with Crippen LogP contribution in [0.4, 0.5) is 11.4 Å². The highest BCUT2D eigenvalue weighted by Gasteiger charge is 2.14. The van der Waals surface area contributed by atoms with Crippen LogP contribution in [0.2, 0.25) is 5.02 Å². The van der Waals surface area contributed by atoms with E-state index in [2.05, 4.69) is 10.3 Å². The van der Waals surface area contributed by atoms with Gasteiger partial charge < -0.3 is 5.32 Å². The fourth-order valence-corrected chi connectivity index (χ4v) is 2.96. The van der Waals surface area contributed by atoms with Gasteiger partial charge in [0.15, 0.2) is 0 Å². The summed E-state index contributed by atoms with van der Waals surface area (Å²) in [6.07, 6.45) is 1.66. The first-order chi connectivity index (χ1) is 9.56. The minimum Gasteiger partial charge on any atom is -0.325 e. The maximum absolute atomic E-state index is 11.7. The third kappa shape index (κ3) is 3.92. The van der Waals surface area contributed by atoms with Gasteiger partial charge in [-0.3, -0.25) is 14.9 Å². The third-order valence-electron chi connectivity index (χ3n) is 2.16. The van der Waals surface area contributed by atoms with E-state index in [-0.39, 0.29) is 22.4 Å². The molecule has 2 rings (SSSR count). The number of amides is 1. The van der Waals surface area contributed by atoms with Crippen molar-refractivity contribution in [2.45, 2.75) is 4.34 Å². The van der Waals surface area contributed by atoms with Crippen molar-refractivity contribution in [3.63, 3.8) is 0 Å². The second kappa shape index (κ2) is 6.69. The summed E-state index contributed by atoms with van der Waals surface area (Å²) in [6.45, 7) is 0. The number of benzene rings is 1. The van der Waals surface area contributed by atoms with Crippen LogP contribution < -0.4 is 5.32 Å². The number of thioether (sulfide) groups is 1. The van der Waals surface area contributed by atoms with E-state index in [0.717, 1.165) is 4.34 Å². The zero-order valence-electron chi connectivity index (χ0n) is 9.91. The molecule has 20 heavy (non-hydrogen) atoms. The second-order valence-corrected chi connectivity index (χ2v) is 6.08. The molecule has 0 unspecified atom stereocenters. The summed E-state index contributed by atoms with van der Waals surface area (Å²) < 4.78 is 0.794. The second-order valence-electron chi connectivity index (χ2n) is 3.56. The highest BCUT2D eigenvalue weighted by molar-refractivity contribution is 8.01. The SMILES string of the molecule is O=C(CSc1nccs1)Nc1ccc(Cl)c([N+](=O)[O-])c1. The summed E-state index contributed by atoms with van der Waals surface area (Å²) >= 11 is 8.44. The Morgan fingerprint density at radius 3 is 3.00 bits per heavy atom. The number of hydrogen-bond donors (Lipinski definition) is 1. The lowest BCUT2D eigenvalue weighted by Crippen LogP contribution is -2.14. The minimum atomic E-state index is -0.595. The molecule has 0 radical (unpaired) electrons. The first-order valence-electron chi connectivity index (χ1n) is 5.32. The predicted molar refractivity (Wildman–Crippen MR) is 79.6 cm³/mol. The molecule has 0 fully saturated rings. The summed E-state index contributed by atoms with van der Waals surface area (Å²) in [6, 6.07) is 4.12. The van der Waals surface area contributed by atoms with E-state index in [1.165, 1.54) is 41.3 Å². The number of anilines is 1. The zero-order valence-corrected chi connectivity index (χ0v) is 12.3. The van der Waals surface area contributed by atoms with Crippen LogP contribution in [-0.4, -0.2) is 21.6 Å². The zero-order chi connectivity index (χ0) is 14.5. The number of nitro benzene ring substituents is 1. The van der Waals surface area contributed by atoms with Crippen LogP contribution in [0.5, 0.6) is 0 Å². The van der Waals surface area contributed by atoms with Gasteiger partial charge in [-0.2, -0.15) is 0 Å². The van der Waals surface area contributed by atoms with E-state index < -0.39 is 4.92 Å². The first kappa shape index (κ1) is 14.8. The molecule has 0 spiro atoms. The standard InChI is InChI=1S/C11H8ClN3O3S2/c12-8-2-1-7(5-9(8)15(17)18)14-10(16)6-20-11-13-3-4-19-11/h1-5H,6H2,(H,14,16). The van der Waals surface area contributed by atoms with E-state index >= 15 is 0 Å². The summed E-state index contributed by atoms with van der Waals surface area (Å²) in [7, 11) is 0. The molecule has 6 nitrogen and oxygen atoms in total. The number of thiazole rings is 1. The van der Waals surface area contributed by atoms with Crippen LogP contribution in [-0.2, 0) is 4.79 Å². The van der Waals surface area contributed by atoms with E-state index in [0.29, 0.717) is 5.69 Å². The van der Waals surface area contributed by atoms with E-state index in [1.807, 2.05) is 5.38 Å². The maximum Gasteiger partial charge on any atom is 0.289 e. The first-order valence-corrected chi connectivity index (χ1v) is 7.56. The van der Waals surface area contributed by atoms with Gasteiger partial charge in [-0.25, -0.2) is 4.98 Å². The van der Waals surface area contributed by atoms with Crippen LogP contribution in [0.15, 0.2) is 34.1 Å². The van der Waals surface area contributed by atoms with Gasteiger partial charge in [0, 0.05) is 23.3 Å². The van der Waals surface area contributed by atoms with Gasteiger partial charge in [0.25, 0.3) is 5.69 Å². The third-order valence-corrected chi connectivity index (χ3v) is 4.45. The van der Waals surface area contributed by atoms with Crippen LogP contribution in [0.3, 0.4) is 0 Å². The Kier molecular flexibility index (Phi) is 4.94. The predicted octanol–water partition coefficient (Wildman–Crippen LogP) is 3.44. The number of rotatable bonds is 5. The molecule has 0 bridgehead atoms. The van der Waals surface area contributed by atoms with E-state index in [1.54, 1.807) is 6.20 Å². The molecule has 0 atom stereocenters. The fourth-order valence-electron chi connectivity index (χ4n) is 1.34. The average Bonchev–Trinajstić information content (AvgIpc) is 2.91. The van der Waals surface area contributed by atoms with E-state index in [9.17, 15) is 14.9 Å². The normalized spacial score (nSPS) is 10.2. The molecule has 0 saturated heterocycles. The molecule has 2 aromatic rings. The molecule has 1 heterocycles. The summed E-state index contributed by atoms with van der Waals surface area (Å²) in [4.78, 5) is 25.9. The molecular formula is C11H8ClN3O3S2. The van der Waals surface area contributed by atoms with Crippen molar-refractivity contribution in [1.29, 1.82) is 0 Å². The van der Waals surface area contributed by atoms with Gasteiger partial charge in [-0.15, -0.1) is 11.3 Å². The minimum absolute atomic E-state index is 0.0326. The number of halogens is 1. The lowest BCUT2D eigenvalue weighted by atomic mass is 10.3. The molecule has 104 valence electrons. The fraction of sp³-hybridized carbons (Fsp3) is 0.0909. The van der Waals surface area contributed by atoms with Crippen molar-refractivity contribution in [3.05, 3.63) is 44.9 Å². The summed E-state index contributed by atoms with van der Waals surface area (Å²) in [5.74, 6) is -0.0777. The van der Waals surface area contributed by atoms with Gasteiger partial charge in [0.05, 0.1) is 10.7 Å². The molecule has 1 amide bonds. The number of carbonyl (C=O) groups is 1. The topological polar surface area (TPSA) is 85.1 Å². The Morgan fingerprint density at radius 2 is 2.35 bits per heavy atom. The Labute approximate surface area is 127 Å². The van der Waals surface area contributed by atoms with Crippen LogP contribution >= 0.6 is 34.7 Å². The molecular weight excluding hydrogens is 322 g/mol. The van der Waals surface area contributed by atoms with Gasteiger partial charge in [0.1, 0.15) is 9.36 Å². The van der Waals surface area contributed by atoms with Gasteiger partial charge in [-0.1, -0.05) is 23.4 Å². The van der Waals surface area contributed by atoms with Crippen molar-refractivity contribution >= 4 is 52.0 Å². The van der Waals surface area contributed by atoms with Gasteiger partial charge in [-0.05, 0) is 12.1 Å². The largest absolute Gasteiger partial charge is 0.325 e. The number of hydrogen-bond acceptors (Lipinski definition) is 6. The molecule has 0 aliphatic rings. The van der Waals surface area contributed by atoms with Crippen molar-refractivity contribution in [2.75, 3.05) is 11.1 Å². The quantitative estimate of drug-likeness (QED) is 0.516. The average molecular weight is 330 g/mol. The molecule has 0 aliphatic heterocycles. The number of aromatic nitrogens is 1. The van der Waals surface area contributed by atoms with E-state index in [4.69, 9.17) is 11.6 Å². The monoisotopic (exact) mass is 329 g/mol. The van der Waals surface area contributed by atoms with Crippen molar-refractivity contribution in [2.24, 2.45) is 0 Å². The lowest BCUT2D eigenvalue weighted by Gasteiger charge is -2.04. The van der Waals surface area contributed by atoms with Crippen molar-refractivity contribution < 1.29 is 9.72 Å². The van der Waals surface area contributed by atoms with Crippen molar-refractivity contribution in [1.82, 2.24) is 4.98 Å². The van der Waals surface area contributed by atoms with Gasteiger partial charge >= 0.3 is 0 Å². The number of nitrogens with one attached hydrogen (secondary N) is 1. The maximum atomic E-state index is 11.7. The molecule has 9 heteroatoms. The molecule has 1 aromatic heterocycles. The number of carbonyl (C=O) groups excluding carboxylic acids is 1. The molecule has 1 aromatic carbocycles. The van der Waals surface area contributed by atoms with Crippen molar-refractivity contribution in [3.8, 4) is 0 Å². The number of nitrogens with zero attached hydrogens (tertiary/aromatic N) is 2. The molecule has 1 N–H and O–H groups in total. The Hall–Kier alpha value is -1.64. The van der Waals surface area contributed by atoms with Crippen LogP contribution in [0.25, 0.3) is 0 Å². The highest BCUT2D eigenvalue weighted by Crippen LogP contribution is 2.27. The van der Waals surface area contributed by atoms with Crippen LogP contribution in [0, 0.1) is 10.1 Å². The summed E-state index contributed by atoms with van der Waals surface area (Å²) in [5.41, 5.74) is 0.0999. The summed E-state index contributed by atoms with van der Waals surface area (Å²) in [5, 5.41) is 15.2. The molecule has 0 saturated carbocycles. The lowest BCUT2D eigenvalue weighted by molar-refractivity contribution is -0.384. The van der Waals surface area contributed by atoms with Gasteiger partial charge in [0.2, 0.25) is 5.91 Å². The smallest absolute Gasteiger partial charge is 0.289 e. The highest BCUT2D eigenvalue weighted by atomic mass is 35.5. The Morgan fingerprint density at radius 1 is 1.55 bits per heavy atom. The van der Waals surface area contributed by atoms with Crippen LogP contribution in [0.1, 0.15) is 0 Å². The Balaban J connectivity index is 1.97. The Bertz CT molecular complexity index is 634. The molecule has 0 aliphatic carbocycles.